The zero-order valence-corrected chi connectivity index (χ0v) is 12.6. The predicted octanol–water partition coefficient (Wildman–Crippen LogP) is 3.96. The number of hydrogen-bond donors (Lipinski definition) is 2. The van der Waals surface area contributed by atoms with Gasteiger partial charge in [-0.3, -0.25) is 0 Å². The molecule has 0 aliphatic carbocycles. The fraction of sp³-hybridized carbons (Fsp3) is 0.400. The van der Waals surface area contributed by atoms with Gasteiger partial charge in [0, 0.05) is 15.7 Å². The molecule has 1 atom stereocenters. The fourth-order valence-corrected chi connectivity index (χ4v) is 3.05. The molecule has 0 radical (unpaired) electrons. The molecule has 1 aliphatic heterocycles. The van der Waals surface area contributed by atoms with Gasteiger partial charge in [0.05, 0.1) is 11.7 Å². The summed E-state index contributed by atoms with van der Waals surface area (Å²) in [5.41, 5.74) is 3.36. The number of hydrogen-bond acceptors (Lipinski definition) is 2. The minimum absolute atomic E-state index is 0.383. The zero-order chi connectivity index (χ0) is 13.2. The predicted molar refractivity (Wildman–Crippen MR) is 81.1 cm³/mol. The van der Waals surface area contributed by atoms with Crippen LogP contribution in [0.2, 0.25) is 0 Å². The molecule has 1 saturated heterocycles. The van der Waals surface area contributed by atoms with Crippen LogP contribution in [0.4, 0.5) is 0 Å². The molecule has 0 amide bonds. The van der Waals surface area contributed by atoms with Crippen molar-refractivity contribution in [1.82, 2.24) is 15.3 Å². The molecule has 1 aliphatic rings. The molecule has 2 aromatic rings. The lowest BCUT2D eigenvalue weighted by atomic mass is 10.0. The monoisotopic (exact) mass is 319 g/mol. The number of H-pyrrole nitrogens is 1. The van der Waals surface area contributed by atoms with Crippen molar-refractivity contribution >= 4 is 15.9 Å². The van der Waals surface area contributed by atoms with Crippen LogP contribution in [0.15, 0.2) is 28.7 Å². The Morgan fingerprint density at radius 1 is 1.32 bits per heavy atom. The summed E-state index contributed by atoms with van der Waals surface area (Å²) in [4.78, 5) is 8.25. The molecule has 1 fully saturated rings. The van der Waals surface area contributed by atoms with Gasteiger partial charge in [0.25, 0.3) is 0 Å². The molecule has 4 heteroatoms. The fourth-order valence-electron chi connectivity index (χ4n) is 2.65. The summed E-state index contributed by atoms with van der Waals surface area (Å²) in [5, 5.41) is 3.54. The zero-order valence-electron chi connectivity index (χ0n) is 11.0. The quantitative estimate of drug-likeness (QED) is 0.879. The lowest BCUT2D eigenvalue weighted by Crippen LogP contribution is -2.27. The van der Waals surface area contributed by atoms with Gasteiger partial charge < -0.3 is 10.3 Å². The second kappa shape index (κ2) is 5.47. The summed E-state index contributed by atoms with van der Waals surface area (Å²) >= 11 is 3.52. The topological polar surface area (TPSA) is 40.7 Å². The van der Waals surface area contributed by atoms with E-state index in [1.54, 1.807) is 0 Å². The summed E-state index contributed by atoms with van der Waals surface area (Å²) in [6.07, 6.45) is 3.73. The number of nitrogens with zero attached hydrogens (tertiary/aromatic N) is 1. The number of aromatic nitrogens is 2. The van der Waals surface area contributed by atoms with Gasteiger partial charge in [0.1, 0.15) is 5.82 Å². The summed E-state index contributed by atoms with van der Waals surface area (Å²) in [5.74, 6) is 1.08. The van der Waals surface area contributed by atoms with Gasteiger partial charge in [-0.2, -0.15) is 0 Å². The van der Waals surface area contributed by atoms with Gasteiger partial charge in [-0.1, -0.05) is 34.5 Å². The minimum atomic E-state index is 0.383. The maximum atomic E-state index is 4.81. The molecule has 0 saturated carbocycles. The maximum absolute atomic E-state index is 4.81. The second-order valence-corrected chi connectivity index (χ2v) is 6.02. The molecule has 3 nitrogen and oxygen atoms in total. The van der Waals surface area contributed by atoms with Crippen LogP contribution in [0.5, 0.6) is 0 Å². The first-order valence-electron chi connectivity index (χ1n) is 6.80. The number of halogens is 1. The van der Waals surface area contributed by atoms with E-state index < -0.39 is 0 Å². The van der Waals surface area contributed by atoms with Gasteiger partial charge in [-0.05, 0) is 38.4 Å². The van der Waals surface area contributed by atoms with E-state index in [-0.39, 0.29) is 0 Å². The van der Waals surface area contributed by atoms with Crippen molar-refractivity contribution in [2.75, 3.05) is 6.54 Å². The van der Waals surface area contributed by atoms with Crippen LogP contribution in [-0.2, 0) is 0 Å². The summed E-state index contributed by atoms with van der Waals surface area (Å²) < 4.78 is 1.09. The van der Waals surface area contributed by atoms with E-state index in [2.05, 4.69) is 45.3 Å². The lowest BCUT2D eigenvalue weighted by molar-refractivity contribution is 0.399. The van der Waals surface area contributed by atoms with Gasteiger partial charge in [-0.25, -0.2) is 4.98 Å². The number of imidazole rings is 1. The third-order valence-electron chi connectivity index (χ3n) is 3.64. The Morgan fingerprint density at radius 2 is 2.21 bits per heavy atom. The molecule has 1 aromatic heterocycles. The molecular weight excluding hydrogens is 302 g/mol. The molecule has 1 aromatic carbocycles. The first kappa shape index (κ1) is 12.9. The Hall–Kier alpha value is -1.13. The van der Waals surface area contributed by atoms with E-state index in [1.807, 2.05) is 12.1 Å². The van der Waals surface area contributed by atoms with Crippen LogP contribution >= 0.6 is 15.9 Å². The molecule has 2 heterocycles. The largest absolute Gasteiger partial charge is 0.344 e. The van der Waals surface area contributed by atoms with E-state index in [4.69, 9.17) is 4.98 Å². The summed E-state index contributed by atoms with van der Waals surface area (Å²) in [6, 6.07) is 8.68. The van der Waals surface area contributed by atoms with E-state index in [9.17, 15) is 0 Å². The van der Waals surface area contributed by atoms with E-state index in [1.165, 1.54) is 19.3 Å². The minimum Gasteiger partial charge on any atom is -0.344 e. The number of aromatic amines is 1. The molecule has 3 rings (SSSR count). The van der Waals surface area contributed by atoms with Crippen molar-refractivity contribution in [3.8, 4) is 11.3 Å². The highest BCUT2D eigenvalue weighted by Crippen LogP contribution is 2.28. The average molecular weight is 320 g/mol. The number of benzene rings is 1. The van der Waals surface area contributed by atoms with Gasteiger partial charge in [0.2, 0.25) is 0 Å². The third-order valence-corrected chi connectivity index (χ3v) is 4.13. The highest BCUT2D eigenvalue weighted by molar-refractivity contribution is 9.10. The standard InChI is InChI=1S/C15H18BrN3/c1-10-14(11-5-4-6-12(16)9-11)19-15(18-10)13-7-2-3-8-17-13/h4-6,9,13,17H,2-3,7-8H2,1H3,(H,18,19). The van der Waals surface area contributed by atoms with Crippen molar-refractivity contribution in [2.24, 2.45) is 0 Å². The molecular formula is C15H18BrN3. The third kappa shape index (κ3) is 2.74. The van der Waals surface area contributed by atoms with Crippen LogP contribution in [0.1, 0.15) is 36.8 Å². The van der Waals surface area contributed by atoms with Crippen LogP contribution in [-0.4, -0.2) is 16.5 Å². The highest BCUT2D eigenvalue weighted by Gasteiger charge is 2.19. The van der Waals surface area contributed by atoms with Crippen LogP contribution in [0.25, 0.3) is 11.3 Å². The first-order chi connectivity index (χ1) is 9.24. The first-order valence-corrected chi connectivity index (χ1v) is 7.59. The molecule has 0 bridgehead atoms. The van der Waals surface area contributed by atoms with E-state index >= 15 is 0 Å². The summed E-state index contributed by atoms with van der Waals surface area (Å²) in [7, 11) is 0. The highest BCUT2D eigenvalue weighted by atomic mass is 79.9. The van der Waals surface area contributed by atoms with Crippen molar-refractivity contribution in [1.29, 1.82) is 0 Å². The van der Waals surface area contributed by atoms with Crippen molar-refractivity contribution < 1.29 is 0 Å². The Morgan fingerprint density at radius 3 is 2.95 bits per heavy atom. The maximum Gasteiger partial charge on any atom is 0.124 e. The molecule has 100 valence electrons. The van der Waals surface area contributed by atoms with Crippen molar-refractivity contribution in [3.63, 3.8) is 0 Å². The normalized spacial score (nSPS) is 19.6. The SMILES string of the molecule is Cc1[nH]c(C2CCCCN2)nc1-c1cccc(Br)c1. The van der Waals surface area contributed by atoms with Crippen molar-refractivity contribution in [2.45, 2.75) is 32.2 Å². The summed E-state index contributed by atoms with van der Waals surface area (Å²) in [6.45, 7) is 3.19. The number of rotatable bonds is 2. The van der Waals surface area contributed by atoms with Crippen LogP contribution < -0.4 is 5.32 Å². The molecule has 2 N–H and O–H groups in total. The molecule has 0 spiro atoms. The lowest BCUT2D eigenvalue weighted by Gasteiger charge is -2.21. The van der Waals surface area contributed by atoms with Gasteiger partial charge in [-0.15, -0.1) is 0 Å². The second-order valence-electron chi connectivity index (χ2n) is 5.11. The van der Waals surface area contributed by atoms with Gasteiger partial charge in [0.15, 0.2) is 0 Å². The Balaban J connectivity index is 1.92. The number of aryl methyl sites for hydroxylation is 1. The average Bonchev–Trinajstić information content (AvgIpc) is 2.82. The Kier molecular flexibility index (Phi) is 3.71. The molecule has 1 unspecified atom stereocenters. The smallest absolute Gasteiger partial charge is 0.124 e. The number of piperidine rings is 1. The van der Waals surface area contributed by atoms with Crippen LogP contribution in [0, 0.1) is 6.92 Å². The van der Waals surface area contributed by atoms with Crippen molar-refractivity contribution in [3.05, 3.63) is 40.3 Å². The Bertz CT molecular complexity index is 571. The van der Waals surface area contributed by atoms with Crippen LogP contribution in [0.3, 0.4) is 0 Å². The number of nitrogens with one attached hydrogen (secondary N) is 2. The molecule has 19 heavy (non-hydrogen) atoms. The van der Waals surface area contributed by atoms with E-state index in [0.717, 1.165) is 33.8 Å². The van der Waals surface area contributed by atoms with E-state index in [0.29, 0.717) is 6.04 Å². The Labute approximate surface area is 122 Å². The van der Waals surface area contributed by atoms with Gasteiger partial charge >= 0.3 is 0 Å².